The molecule has 1 fully saturated rings. The molecular weight excluding hydrogens is 450 g/mol. The lowest BCUT2D eigenvalue weighted by Crippen LogP contribution is -2.34. The number of ether oxygens (including phenoxy) is 1. The van der Waals surface area contributed by atoms with E-state index in [9.17, 15) is 9.59 Å². The molecule has 1 N–H and O–H groups in total. The Hall–Kier alpha value is -3.33. The fourth-order valence-electron chi connectivity index (χ4n) is 4.52. The molecule has 0 bridgehead atoms. The summed E-state index contributed by atoms with van der Waals surface area (Å²) in [7, 11) is 1.65. The van der Waals surface area contributed by atoms with Gasteiger partial charge in [-0.3, -0.25) is 18.6 Å². The molecule has 1 amide bonds. The minimum atomic E-state index is -0.159. The predicted octanol–water partition coefficient (Wildman–Crippen LogP) is 3.79. The maximum Gasteiger partial charge on any atom is 0.262 e. The van der Waals surface area contributed by atoms with Gasteiger partial charge >= 0.3 is 0 Å². The Bertz CT molecular complexity index is 1390. The number of methoxy groups -OCH3 is 1. The first kappa shape index (κ1) is 22.5. The molecular formula is C25H27N5O3S. The highest BCUT2D eigenvalue weighted by Crippen LogP contribution is 2.26. The van der Waals surface area contributed by atoms with E-state index in [1.165, 1.54) is 0 Å². The minimum Gasteiger partial charge on any atom is -0.497 e. The number of nitrogens with one attached hydrogen (secondary N) is 1. The van der Waals surface area contributed by atoms with Crippen LogP contribution in [0.5, 0.6) is 5.75 Å². The lowest BCUT2D eigenvalue weighted by Gasteiger charge is -2.14. The van der Waals surface area contributed by atoms with Crippen LogP contribution in [0.1, 0.15) is 37.7 Å². The first-order chi connectivity index (χ1) is 16.6. The number of rotatable bonds is 8. The van der Waals surface area contributed by atoms with Gasteiger partial charge in [-0.25, -0.2) is 0 Å². The summed E-state index contributed by atoms with van der Waals surface area (Å²) >= 11 is 1.54. The summed E-state index contributed by atoms with van der Waals surface area (Å²) in [6.45, 7) is 0.254. The van der Waals surface area contributed by atoms with Crippen molar-refractivity contribution in [3.05, 3.63) is 64.4 Å². The lowest BCUT2D eigenvalue weighted by atomic mass is 10.2. The van der Waals surface area contributed by atoms with E-state index in [1.54, 1.807) is 23.4 Å². The fourth-order valence-corrected chi connectivity index (χ4v) is 5.41. The van der Waals surface area contributed by atoms with Crippen molar-refractivity contribution in [3.63, 3.8) is 0 Å². The Morgan fingerprint density at radius 1 is 1.15 bits per heavy atom. The summed E-state index contributed by atoms with van der Waals surface area (Å²) in [4.78, 5) is 25.8. The van der Waals surface area contributed by atoms with Gasteiger partial charge in [0, 0.05) is 24.8 Å². The number of nitrogens with zero attached hydrogens (tertiary/aromatic N) is 4. The zero-order chi connectivity index (χ0) is 23.5. The standard InChI is InChI=1S/C25H27N5O3S/c1-33-19-10-6-7-17(15-19)16-34-25-28-27-24-29(14-13-22(31)26-18-8-2-3-9-18)23(32)20-11-4-5-12-21(20)30(24)25/h4-7,10-12,15,18H,2-3,8-9,13-14,16H2,1H3,(H,26,31). The van der Waals surface area contributed by atoms with E-state index in [2.05, 4.69) is 15.5 Å². The third-order valence-corrected chi connectivity index (χ3v) is 7.26. The molecule has 0 atom stereocenters. The van der Waals surface area contributed by atoms with Crippen LogP contribution in [-0.4, -0.2) is 38.2 Å². The summed E-state index contributed by atoms with van der Waals surface area (Å²) in [6.07, 6.45) is 4.61. The zero-order valence-electron chi connectivity index (χ0n) is 19.1. The van der Waals surface area contributed by atoms with E-state index in [1.807, 2.05) is 52.9 Å². The Morgan fingerprint density at radius 2 is 1.97 bits per heavy atom. The maximum atomic E-state index is 13.3. The fraction of sp³-hybridized carbons (Fsp3) is 0.360. The molecule has 0 unspecified atom stereocenters. The van der Waals surface area contributed by atoms with Crippen LogP contribution < -0.4 is 15.6 Å². The van der Waals surface area contributed by atoms with Crippen molar-refractivity contribution in [2.45, 2.75) is 55.6 Å². The van der Waals surface area contributed by atoms with E-state index in [4.69, 9.17) is 4.74 Å². The van der Waals surface area contributed by atoms with Crippen molar-refractivity contribution >= 4 is 34.3 Å². The number of carbonyl (C=O) groups is 1. The molecule has 1 saturated carbocycles. The summed E-state index contributed by atoms with van der Waals surface area (Å²) in [5.74, 6) is 1.90. The molecule has 8 nitrogen and oxygen atoms in total. The molecule has 2 aromatic heterocycles. The molecule has 1 aliphatic carbocycles. The number of hydrogen-bond acceptors (Lipinski definition) is 6. The van der Waals surface area contributed by atoms with Crippen LogP contribution in [0.25, 0.3) is 16.7 Å². The first-order valence-corrected chi connectivity index (χ1v) is 12.5. The second-order valence-corrected chi connectivity index (χ2v) is 9.47. The number of benzene rings is 2. The number of aromatic nitrogens is 4. The van der Waals surface area contributed by atoms with E-state index >= 15 is 0 Å². The summed E-state index contributed by atoms with van der Waals surface area (Å²) < 4.78 is 8.81. The van der Waals surface area contributed by atoms with E-state index in [-0.39, 0.29) is 30.5 Å². The van der Waals surface area contributed by atoms with Gasteiger partial charge in [-0.05, 0) is 42.7 Å². The van der Waals surface area contributed by atoms with Gasteiger partial charge in [0.25, 0.3) is 5.56 Å². The van der Waals surface area contributed by atoms with Crippen LogP contribution in [0.4, 0.5) is 0 Å². The maximum absolute atomic E-state index is 13.3. The summed E-state index contributed by atoms with van der Waals surface area (Å²) in [5.41, 5.74) is 1.70. The van der Waals surface area contributed by atoms with Crippen molar-refractivity contribution < 1.29 is 9.53 Å². The number of amides is 1. The zero-order valence-corrected chi connectivity index (χ0v) is 19.9. The normalized spacial score (nSPS) is 14.1. The number of hydrogen-bond donors (Lipinski definition) is 1. The van der Waals surface area contributed by atoms with Crippen LogP contribution in [0.15, 0.2) is 58.5 Å². The molecule has 9 heteroatoms. The number of para-hydroxylation sites is 1. The van der Waals surface area contributed by atoms with Crippen LogP contribution in [0, 0.1) is 0 Å². The Labute approximate surface area is 201 Å². The molecule has 4 aromatic rings. The average Bonchev–Trinajstić information content (AvgIpc) is 3.53. The molecule has 1 aliphatic rings. The van der Waals surface area contributed by atoms with E-state index in [0.717, 1.165) is 42.5 Å². The van der Waals surface area contributed by atoms with Crippen LogP contribution in [0.2, 0.25) is 0 Å². The first-order valence-electron chi connectivity index (χ1n) is 11.6. The molecule has 176 valence electrons. The van der Waals surface area contributed by atoms with Gasteiger partial charge in [0.1, 0.15) is 5.75 Å². The Kier molecular flexibility index (Phi) is 6.53. The van der Waals surface area contributed by atoms with Crippen LogP contribution in [-0.2, 0) is 17.1 Å². The van der Waals surface area contributed by atoms with Crippen LogP contribution in [0.3, 0.4) is 0 Å². The monoisotopic (exact) mass is 477 g/mol. The minimum absolute atomic E-state index is 0.0303. The highest BCUT2D eigenvalue weighted by Gasteiger charge is 2.20. The Morgan fingerprint density at radius 3 is 2.79 bits per heavy atom. The van der Waals surface area contributed by atoms with E-state index < -0.39 is 0 Å². The topological polar surface area (TPSA) is 90.5 Å². The number of fused-ring (bicyclic) bond motifs is 3. The van der Waals surface area contributed by atoms with Crippen molar-refractivity contribution in [2.24, 2.45) is 0 Å². The van der Waals surface area contributed by atoms with Gasteiger partial charge in [0.2, 0.25) is 11.7 Å². The molecule has 0 radical (unpaired) electrons. The molecule has 0 saturated heterocycles. The van der Waals surface area contributed by atoms with Crippen molar-refractivity contribution in [2.75, 3.05) is 7.11 Å². The molecule has 0 aliphatic heterocycles. The summed E-state index contributed by atoms with van der Waals surface area (Å²) in [6, 6.07) is 15.6. The van der Waals surface area contributed by atoms with Gasteiger partial charge in [-0.2, -0.15) is 0 Å². The van der Waals surface area contributed by atoms with Gasteiger partial charge in [-0.15, -0.1) is 10.2 Å². The molecule has 34 heavy (non-hydrogen) atoms. The van der Waals surface area contributed by atoms with Crippen molar-refractivity contribution in [1.29, 1.82) is 0 Å². The third kappa shape index (κ3) is 4.52. The molecule has 0 spiro atoms. The highest BCUT2D eigenvalue weighted by molar-refractivity contribution is 7.98. The SMILES string of the molecule is COc1cccc(CSc2nnc3n(CCC(=O)NC4CCCC4)c(=O)c4ccccc4n23)c1. The van der Waals surface area contributed by atoms with Crippen molar-refractivity contribution in [3.8, 4) is 5.75 Å². The summed E-state index contributed by atoms with van der Waals surface area (Å²) in [5, 5.41) is 13.1. The third-order valence-electron chi connectivity index (χ3n) is 6.26. The van der Waals surface area contributed by atoms with E-state index in [0.29, 0.717) is 22.1 Å². The smallest absolute Gasteiger partial charge is 0.262 e. The van der Waals surface area contributed by atoms with Gasteiger partial charge in [-0.1, -0.05) is 48.9 Å². The second kappa shape index (κ2) is 9.89. The average molecular weight is 478 g/mol. The van der Waals surface area contributed by atoms with Gasteiger partial charge in [0.05, 0.1) is 18.0 Å². The van der Waals surface area contributed by atoms with Crippen molar-refractivity contribution in [1.82, 2.24) is 24.5 Å². The van der Waals surface area contributed by atoms with Crippen LogP contribution >= 0.6 is 11.8 Å². The molecule has 5 rings (SSSR count). The number of thioether (sulfide) groups is 1. The van der Waals surface area contributed by atoms with Gasteiger partial charge in [0.15, 0.2) is 5.16 Å². The largest absolute Gasteiger partial charge is 0.497 e. The second-order valence-electron chi connectivity index (χ2n) is 8.53. The van der Waals surface area contributed by atoms with Gasteiger partial charge < -0.3 is 10.1 Å². The molecule has 2 aromatic carbocycles. The molecule has 2 heterocycles. The Balaban J connectivity index is 1.45. The predicted molar refractivity (Wildman–Crippen MR) is 132 cm³/mol. The quantitative estimate of drug-likeness (QED) is 0.388. The lowest BCUT2D eigenvalue weighted by molar-refractivity contribution is -0.122. The number of carbonyl (C=O) groups excluding carboxylic acids is 1. The number of aryl methyl sites for hydroxylation is 1. The highest BCUT2D eigenvalue weighted by atomic mass is 32.2.